The topological polar surface area (TPSA) is 79.1 Å². The van der Waals surface area contributed by atoms with Crippen molar-refractivity contribution in [2.24, 2.45) is 4.99 Å². The summed E-state index contributed by atoms with van der Waals surface area (Å²) in [5.41, 5.74) is 0.935. The molecule has 1 amide bonds. The number of halogens is 1. The molecule has 1 aliphatic heterocycles. The summed E-state index contributed by atoms with van der Waals surface area (Å²) in [6, 6.07) is 9.70. The zero-order valence-corrected chi connectivity index (χ0v) is 16.7. The van der Waals surface area contributed by atoms with E-state index in [1.165, 1.54) is 18.4 Å². The molecular weight excluding hydrogens is 375 g/mol. The van der Waals surface area contributed by atoms with Gasteiger partial charge < -0.3 is 24.7 Å². The molecule has 0 aliphatic carbocycles. The Morgan fingerprint density at radius 3 is 2.72 bits per heavy atom. The zero-order valence-electron chi connectivity index (χ0n) is 16.7. The number of carbonyl (C=O) groups is 1. The summed E-state index contributed by atoms with van der Waals surface area (Å²) in [4.78, 5) is 18.7. The van der Waals surface area contributed by atoms with Crippen LogP contribution in [0.5, 0.6) is 0 Å². The Labute approximate surface area is 169 Å². The summed E-state index contributed by atoms with van der Waals surface area (Å²) >= 11 is 0. The maximum absolute atomic E-state index is 13.2. The van der Waals surface area contributed by atoms with Crippen molar-refractivity contribution in [2.45, 2.75) is 26.1 Å². The van der Waals surface area contributed by atoms with Crippen LogP contribution >= 0.6 is 0 Å². The minimum Gasteiger partial charge on any atom is -0.459 e. The molecule has 2 N–H and O–H groups in total. The highest BCUT2D eigenvalue weighted by atomic mass is 19.1. The molecule has 1 saturated heterocycles. The Morgan fingerprint density at radius 2 is 2.03 bits per heavy atom. The molecule has 1 aromatic carbocycles. The van der Waals surface area contributed by atoms with Crippen molar-refractivity contribution in [2.75, 3.05) is 32.7 Å². The van der Waals surface area contributed by atoms with Gasteiger partial charge in [-0.15, -0.1) is 0 Å². The fourth-order valence-electron chi connectivity index (χ4n) is 3.24. The van der Waals surface area contributed by atoms with E-state index in [2.05, 4.69) is 20.5 Å². The highest BCUT2D eigenvalue weighted by molar-refractivity contribution is 5.91. The third kappa shape index (κ3) is 5.80. The van der Waals surface area contributed by atoms with E-state index in [0.29, 0.717) is 26.2 Å². The number of benzene rings is 1. The number of rotatable bonds is 6. The average molecular weight is 402 g/mol. The molecule has 0 radical (unpaired) electrons. The summed E-state index contributed by atoms with van der Waals surface area (Å²) in [7, 11) is 0. The number of aliphatic imine (C=N–C) groups is 1. The average Bonchev–Trinajstić information content (AvgIpc) is 3.25. The van der Waals surface area contributed by atoms with Crippen LogP contribution in [0, 0.1) is 5.82 Å². The van der Waals surface area contributed by atoms with Gasteiger partial charge in [-0.25, -0.2) is 4.39 Å². The monoisotopic (exact) mass is 402 g/mol. The molecule has 1 aliphatic rings. The van der Waals surface area contributed by atoms with Crippen LogP contribution in [0.4, 0.5) is 4.39 Å². The fourth-order valence-corrected chi connectivity index (χ4v) is 3.24. The Hall–Kier alpha value is -2.87. The number of nitrogens with zero attached hydrogens (tertiary/aromatic N) is 2. The molecule has 2 unspecified atom stereocenters. The summed E-state index contributed by atoms with van der Waals surface area (Å²) in [6.45, 7) is 6.89. The summed E-state index contributed by atoms with van der Waals surface area (Å²) in [5.74, 6) is 0.527. The molecule has 0 saturated carbocycles. The van der Waals surface area contributed by atoms with E-state index in [9.17, 15) is 9.18 Å². The van der Waals surface area contributed by atoms with Gasteiger partial charge in [-0.2, -0.15) is 0 Å². The van der Waals surface area contributed by atoms with E-state index >= 15 is 0 Å². The van der Waals surface area contributed by atoms with Crippen LogP contribution in [-0.4, -0.2) is 55.6 Å². The Bertz CT molecular complexity index is 808. The smallest absolute Gasteiger partial charge is 0.287 e. The minimum atomic E-state index is -0.263. The molecule has 1 fully saturated rings. The maximum Gasteiger partial charge on any atom is 0.287 e. The number of hydrogen-bond donors (Lipinski definition) is 2. The third-order valence-electron chi connectivity index (χ3n) is 4.54. The van der Waals surface area contributed by atoms with Crippen molar-refractivity contribution < 1.29 is 18.3 Å². The predicted octanol–water partition coefficient (Wildman–Crippen LogP) is 2.58. The van der Waals surface area contributed by atoms with Crippen molar-refractivity contribution in [1.82, 2.24) is 15.5 Å². The van der Waals surface area contributed by atoms with E-state index in [1.807, 2.05) is 13.8 Å². The van der Waals surface area contributed by atoms with Crippen LogP contribution in [-0.2, 0) is 4.74 Å². The van der Waals surface area contributed by atoms with Gasteiger partial charge in [0.15, 0.2) is 11.7 Å². The van der Waals surface area contributed by atoms with Crippen LogP contribution < -0.4 is 10.6 Å². The highest BCUT2D eigenvalue weighted by Gasteiger charge is 2.28. The first-order chi connectivity index (χ1) is 14.1. The molecule has 7 nitrogen and oxygen atoms in total. The number of furan rings is 1. The highest BCUT2D eigenvalue weighted by Crippen LogP contribution is 2.25. The number of hydrogen-bond acceptors (Lipinski definition) is 4. The van der Waals surface area contributed by atoms with Crippen molar-refractivity contribution >= 4 is 11.9 Å². The zero-order chi connectivity index (χ0) is 20.6. The van der Waals surface area contributed by atoms with Crippen LogP contribution in [0.25, 0.3) is 0 Å². The van der Waals surface area contributed by atoms with Gasteiger partial charge >= 0.3 is 0 Å². The van der Waals surface area contributed by atoms with E-state index in [4.69, 9.17) is 9.15 Å². The predicted molar refractivity (Wildman–Crippen MR) is 108 cm³/mol. The summed E-state index contributed by atoms with van der Waals surface area (Å²) < 4.78 is 24.4. The molecule has 0 bridgehead atoms. The standard InChI is InChI=1S/C21H27FN4O3/c1-3-23-21(25-11-10-24-20(27)18-5-4-12-28-18)26-13-15(2)29-19(14-26)16-6-8-17(22)9-7-16/h4-9,12,15,19H,3,10-11,13-14H2,1-2H3,(H,23,25)(H,24,27). The first-order valence-electron chi connectivity index (χ1n) is 9.82. The van der Waals surface area contributed by atoms with Gasteiger partial charge in [-0.3, -0.25) is 9.79 Å². The number of guanidine groups is 1. The molecule has 0 spiro atoms. The lowest BCUT2D eigenvalue weighted by Crippen LogP contribution is -2.51. The van der Waals surface area contributed by atoms with E-state index in [1.54, 1.807) is 24.3 Å². The second-order valence-electron chi connectivity index (χ2n) is 6.86. The molecular formula is C21H27FN4O3. The van der Waals surface area contributed by atoms with Crippen LogP contribution in [0.2, 0.25) is 0 Å². The fraction of sp³-hybridized carbons (Fsp3) is 0.429. The number of carbonyl (C=O) groups excluding carboxylic acids is 1. The lowest BCUT2D eigenvalue weighted by atomic mass is 10.1. The van der Waals surface area contributed by atoms with E-state index in [-0.39, 0.29) is 29.7 Å². The quantitative estimate of drug-likeness (QED) is 0.441. The van der Waals surface area contributed by atoms with Crippen molar-refractivity contribution in [1.29, 1.82) is 0 Å². The normalized spacial score (nSPS) is 19.8. The molecule has 2 aromatic rings. The molecule has 8 heteroatoms. The lowest BCUT2D eigenvalue weighted by Gasteiger charge is -2.38. The SMILES string of the molecule is CCNC(=NCCNC(=O)c1ccco1)N1CC(C)OC(c2ccc(F)cc2)C1. The van der Waals surface area contributed by atoms with Gasteiger partial charge in [0.2, 0.25) is 0 Å². The number of nitrogens with one attached hydrogen (secondary N) is 2. The van der Waals surface area contributed by atoms with Crippen molar-refractivity contribution in [3.05, 3.63) is 59.8 Å². The van der Waals surface area contributed by atoms with Gasteiger partial charge in [-0.1, -0.05) is 12.1 Å². The van der Waals surface area contributed by atoms with E-state index in [0.717, 1.165) is 18.1 Å². The van der Waals surface area contributed by atoms with E-state index < -0.39 is 0 Å². The number of morpholine rings is 1. The molecule has 1 aromatic heterocycles. The largest absolute Gasteiger partial charge is 0.459 e. The first kappa shape index (κ1) is 20.9. The van der Waals surface area contributed by atoms with Gasteiger partial charge in [0, 0.05) is 19.6 Å². The summed E-state index contributed by atoms with van der Waals surface area (Å²) in [6.07, 6.45) is 1.30. The number of ether oxygens (including phenoxy) is 1. The van der Waals surface area contributed by atoms with Crippen molar-refractivity contribution in [3.63, 3.8) is 0 Å². The van der Waals surface area contributed by atoms with Crippen LogP contribution in [0.1, 0.15) is 36.1 Å². The number of amides is 1. The molecule has 3 rings (SSSR count). The summed E-state index contributed by atoms with van der Waals surface area (Å²) in [5, 5.41) is 6.09. The molecule has 2 atom stereocenters. The lowest BCUT2D eigenvalue weighted by molar-refractivity contribution is -0.0605. The molecule has 29 heavy (non-hydrogen) atoms. The Morgan fingerprint density at radius 1 is 1.24 bits per heavy atom. The van der Waals surface area contributed by atoms with Gasteiger partial charge in [0.05, 0.1) is 25.5 Å². The minimum absolute atomic E-state index is 0.00122. The Balaban J connectivity index is 1.61. The second kappa shape index (κ2) is 10.1. The van der Waals surface area contributed by atoms with Crippen molar-refractivity contribution in [3.8, 4) is 0 Å². The van der Waals surface area contributed by atoms with Crippen LogP contribution in [0.3, 0.4) is 0 Å². The van der Waals surface area contributed by atoms with Gasteiger partial charge in [0.1, 0.15) is 11.9 Å². The first-order valence-corrected chi connectivity index (χ1v) is 9.82. The molecule has 156 valence electrons. The maximum atomic E-state index is 13.2. The Kier molecular flexibility index (Phi) is 7.24. The molecule has 2 heterocycles. The van der Waals surface area contributed by atoms with Crippen LogP contribution in [0.15, 0.2) is 52.1 Å². The van der Waals surface area contributed by atoms with Gasteiger partial charge in [-0.05, 0) is 43.7 Å². The van der Waals surface area contributed by atoms with Gasteiger partial charge in [0.25, 0.3) is 5.91 Å². The second-order valence-corrected chi connectivity index (χ2v) is 6.86. The third-order valence-corrected chi connectivity index (χ3v) is 4.54.